The minimum atomic E-state index is -1.07. The van der Waals surface area contributed by atoms with Crippen LogP contribution in [0.2, 0.25) is 0 Å². The number of aryl methyl sites for hydroxylation is 1. The van der Waals surface area contributed by atoms with Crippen LogP contribution in [0.1, 0.15) is 16.1 Å². The highest BCUT2D eigenvalue weighted by atomic mass is 16.5. The predicted octanol–water partition coefficient (Wildman–Crippen LogP) is 0.745. The van der Waals surface area contributed by atoms with E-state index in [9.17, 15) is 4.79 Å². The fraction of sp³-hybridized carbons (Fsp3) is 0.222. The Morgan fingerprint density at radius 2 is 2.20 bits per heavy atom. The summed E-state index contributed by atoms with van der Waals surface area (Å²) in [6, 6.07) is 3.23. The summed E-state index contributed by atoms with van der Waals surface area (Å²) in [4.78, 5) is 10.9. The standard InChI is InChI=1S/C9H9N3O3/c1-5-3-6-4-7(9(13)14)8(15-2)11-12(6)10-5/h3-4H,1-2H3,(H,13,14). The maximum Gasteiger partial charge on any atom is 0.341 e. The van der Waals surface area contributed by atoms with E-state index in [2.05, 4.69) is 10.2 Å². The van der Waals surface area contributed by atoms with Crippen molar-refractivity contribution in [2.24, 2.45) is 0 Å². The van der Waals surface area contributed by atoms with E-state index in [0.29, 0.717) is 5.52 Å². The highest BCUT2D eigenvalue weighted by Crippen LogP contribution is 2.17. The second-order valence-electron chi connectivity index (χ2n) is 3.07. The van der Waals surface area contributed by atoms with E-state index in [1.165, 1.54) is 17.8 Å². The molecule has 0 aromatic carbocycles. The molecule has 0 aliphatic heterocycles. The molecule has 2 aromatic heterocycles. The zero-order valence-corrected chi connectivity index (χ0v) is 8.26. The number of ether oxygens (including phenoxy) is 1. The van der Waals surface area contributed by atoms with Gasteiger partial charge in [0.2, 0.25) is 5.88 Å². The molecule has 0 unspecified atom stereocenters. The van der Waals surface area contributed by atoms with Gasteiger partial charge < -0.3 is 9.84 Å². The Balaban J connectivity index is 2.73. The Labute approximate surface area is 85.1 Å². The van der Waals surface area contributed by atoms with E-state index in [1.807, 2.05) is 6.92 Å². The average Bonchev–Trinajstić information content (AvgIpc) is 2.54. The maximum atomic E-state index is 10.9. The molecule has 2 heterocycles. The minimum Gasteiger partial charge on any atom is -0.479 e. The summed E-state index contributed by atoms with van der Waals surface area (Å²) in [6.45, 7) is 1.81. The van der Waals surface area contributed by atoms with Gasteiger partial charge in [0.1, 0.15) is 5.56 Å². The highest BCUT2D eigenvalue weighted by molar-refractivity contribution is 5.91. The molecule has 6 nitrogen and oxygen atoms in total. The van der Waals surface area contributed by atoms with Crippen molar-refractivity contribution >= 4 is 11.5 Å². The van der Waals surface area contributed by atoms with E-state index < -0.39 is 5.97 Å². The molecule has 0 atom stereocenters. The number of carbonyl (C=O) groups is 1. The monoisotopic (exact) mass is 207 g/mol. The molecular weight excluding hydrogens is 198 g/mol. The van der Waals surface area contributed by atoms with Crippen molar-refractivity contribution < 1.29 is 14.6 Å². The molecule has 15 heavy (non-hydrogen) atoms. The molecule has 0 bridgehead atoms. The molecule has 0 saturated heterocycles. The second kappa shape index (κ2) is 3.23. The topological polar surface area (TPSA) is 76.7 Å². The molecule has 2 rings (SSSR count). The third-order valence-corrected chi connectivity index (χ3v) is 1.97. The Morgan fingerprint density at radius 3 is 2.80 bits per heavy atom. The van der Waals surface area contributed by atoms with Crippen LogP contribution in [0.15, 0.2) is 12.1 Å². The van der Waals surface area contributed by atoms with Crippen LogP contribution in [-0.4, -0.2) is 33.0 Å². The number of rotatable bonds is 2. The van der Waals surface area contributed by atoms with Gasteiger partial charge in [-0.3, -0.25) is 0 Å². The van der Waals surface area contributed by atoms with Crippen LogP contribution in [0.25, 0.3) is 5.52 Å². The van der Waals surface area contributed by atoms with Crippen LogP contribution in [0.3, 0.4) is 0 Å². The number of methoxy groups -OCH3 is 1. The lowest BCUT2D eigenvalue weighted by atomic mass is 10.2. The SMILES string of the molecule is COc1nn2nc(C)cc2cc1C(=O)O. The number of carboxylic acid groups (broad SMARTS) is 1. The fourth-order valence-electron chi connectivity index (χ4n) is 1.34. The van der Waals surface area contributed by atoms with Crippen molar-refractivity contribution in [2.45, 2.75) is 6.92 Å². The minimum absolute atomic E-state index is 0.0323. The first-order valence-corrected chi connectivity index (χ1v) is 4.27. The summed E-state index contributed by atoms with van der Waals surface area (Å²) in [7, 11) is 1.37. The molecule has 78 valence electrons. The quantitative estimate of drug-likeness (QED) is 0.786. The van der Waals surface area contributed by atoms with Crippen LogP contribution in [0, 0.1) is 6.92 Å². The Hall–Kier alpha value is -2.11. The first-order chi connectivity index (χ1) is 7.11. The lowest BCUT2D eigenvalue weighted by molar-refractivity contribution is 0.0692. The highest BCUT2D eigenvalue weighted by Gasteiger charge is 2.14. The van der Waals surface area contributed by atoms with Crippen molar-refractivity contribution in [3.8, 4) is 5.88 Å². The van der Waals surface area contributed by atoms with E-state index in [4.69, 9.17) is 9.84 Å². The number of aromatic carboxylic acids is 1. The Kier molecular flexibility index (Phi) is 2.03. The second-order valence-corrected chi connectivity index (χ2v) is 3.07. The van der Waals surface area contributed by atoms with Gasteiger partial charge in [-0.05, 0) is 19.1 Å². The van der Waals surface area contributed by atoms with Gasteiger partial charge >= 0.3 is 5.97 Å². The molecule has 0 aliphatic carbocycles. The third kappa shape index (κ3) is 1.50. The van der Waals surface area contributed by atoms with E-state index >= 15 is 0 Å². The summed E-state index contributed by atoms with van der Waals surface area (Å²) < 4.78 is 6.22. The summed E-state index contributed by atoms with van der Waals surface area (Å²) >= 11 is 0. The van der Waals surface area contributed by atoms with Crippen LogP contribution in [0.4, 0.5) is 0 Å². The van der Waals surface area contributed by atoms with E-state index in [-0.39, 0.29) is 11.4 Å². The predicted molar refractivity (Wildman–Crippen MR) is 51.2 cm³/mol. The summed E-state index contributed by atoms with van der Waals surface area (Å²) in [5.74, 6) is -1.01. The first-order valence-electron chi connectivity index (χ1n) is 4.27. The van der Waals surface area contributed by atoms with Crippen molar-refractivity contribution in [2.75, 3.05) is 7.11 Å². The lowest BCUT2D eigenvalue weighted by Crippen LogP contribution is -2.06. The van der Waals surface area contributed by atoms with Crippen molar-refractivity contribution in [3.63, 3.8) is 0 Å². The normalized spacial score (nSPS) is 10.5. The molecule has 0 fully saturated rings. The maximum absolute atomic E-state index is 10.9. The van der Waals surface area contributed by atoms with Gasteiger partial charge in [0.05, 0.1) is 18.3 Å². The van der Waals surface area contributed by atoms with Crippen molar-refractivity contribution in [1.29, 1.82) is 0 Å². The van der Waals surface area contributed by atoms with E-state index in [1.54, 1.807) is 6.07 Å². The number of hydrogen-bond donors (Lipinski definition) is 1. The molecule has 0 aliphatic rings. The molecule has 0 spiro atoms. The van der Waals surface area contributed by atoms with E-state index in [0.717, 1.165) is 5.69 Å². The van der Waals surface area contributed by atoms with Gasteiger partial charge in [-0.1, -0.05) is 0 Å². The van der Waals surface area contributed by atoms with Gasteiger partial charge in [0, 0.05) is 0 Å². The van der Waals surface area contributed by atoms with Gasteiger partial charge in [-0.25, -0.2) is 4.79 Å². The van der Waals surface area contributed by atoms with Crippen LogP contribution >= 0.6 is 0 Å². The third-order valence-electron chi connectivity index (χ3n) is 1.97. The number of nitrogens with zero attached hydrogens (tertiary/aromatic N) is 3. The van der Waals surface area contributed by atoms with Crippen molar-refractivity contribution in [1.82, 2.24) is 14.8 Å². The molecule has 2 aromatic rings. The molecule has 1 N–H and O–H groups in total. The smallest absolute Gasteiger partial charge is 0.341 e. The lowest BCUT2D eigenvalue weighted by Gasteiger charge is -2.03. The molecular formula is C9H9N3O3. The zero-order valence-electron chi connectivity index (χ0n) is 8.26. The van der Waals surface area contributed by atoms with Crippen LogP contribution in [-0.2, 0) is 0 Å². The summed E-state index contributed by atoms with van der Waals surface area (Å²) in [6.07, 6.45) is 0. The van der Waals surface area contributed by atoms with Gasteiger partial charge in [0.15, 0.2) is 0 Å². The average molecular weight is 207 g/mol. The first kappa shape index (κ1) is 9.45. The van der Waals surface area contributed by atoms with Crippen molar-refractivity contribution in [3.05, 3.63) is 23.4 Å². The number of hydrogen-bond acceptors (Lipinski definition) is 4. The van der Waals surface area contributed by atoms with Gasteiger partial charge in [-0.2, -0.15) is 5.10 Å². The summed E-state index contributed by atoms with van der Waals surface area (Å²) in [5.41, 5.74) is 1.43. The van der Waals surface area contributed by atoms with Gasteiger partial charge in [0.25, 0.3) is 0 Å². The Bertz CT molecular complexity index is 533. The molecule has 6 heteroatoms. The number of fused-ring (bicyclic) bond motifs is 1. The number of carboxylic acids is 1. The largest absolute Gasteiger partial charge is 0.479 e. The van der Waals surface area contributed by atoms with Crippen LogP contribution < -0.4 is 4.74 Å². The zero-order chi connectivity index (χ0) is 11.0. The molecule has 0 radical (unpaired) electrons. The summed E-state index contributed by atoms with van der Waals surface area (Å²) in [5, 5.41) is 16.9. The van der Waals surface area contributed by atoms with Crippen LogP contribution in [0.5, 0.6) is 5.88 Å². The molecule has 0 amide bonds. The van der Waals surface area contributed by atoms with Gasteiger partial charge in [-0.15, -0.1) is 9.73 Å². The number of aromatic nitrogens is 3. The molecule has 0 saturated carbocycles. The Morgan fingerprint density at radius 1 is 1.47 bits per heavy atom. The fourth-order valence-corrected chi connectivity index (χ4v) is 1.34.